The lowest BCUT2D eigenvalue weighted by Crippen LogP contribution is -2.01. The summed E-state index contributed by atoms with van der Waals surface area (Å²) in [6.45, 7) is 9.34. The number of benzene rings is 1. The van der Waals surface area contributed by atoms with Gasteiger partial charge in [-0.1, -0.05) is 97.3 Å². The highest BCUT2D eigenvalue weighted by Crippen LogP contribution is 2.21. The first-order chi connectivity index (χ1) is 12.2. The molecule has 144 valence electrons. The van der Waals surface area contributed by atoms with E-state index in [1.807, 2.05) is 0 Å². The third-order valence-electron chi connectivity index (χ3n) is 5.60. The predicted octanol–water partition coefficient (Wildman–Crippen LogP) is 8.30. The maximum absolute atomic E-state index is 2.55. The van der Waals surface area contributed by atoms with E-state index < -0.39 is 0 Å². The Hall–Kier alpha value is -0.780. The van der Waals surface area contributed by atoms with Gasteiger partial charge in [-0.15, -0.1) is 0 Å². The summed E-state index contributed by atoms with van der Waals surface area (Å²) in [6.07, 6.45) is 18.8. The van der Waals surface area contributed by atoms with Crippen molar-refractivity contribution in [3.63, 3.8) is 0 Å². The van der Waals surface area contributed by atoms with E-state index in [4.69, 9.17) is 0 Å². The van der Waals surface area contributed by atoms with Gasteiger partial charge in [-0.05, 0) is 61.1 Å². The largest absolute Gasteiger partial charge is 0.0654 e. The van der Waals surface area contributed by atoms with E-state index in [2.05, 4.69) is 45.9 Å². The molecule has 0 spiro atoms. The van der Waals surface area contributed by atoms with Gasteiger partial charge in [0.2, 0.25) is 0 Å². The van der Waals surface area contributed by atoms with Gasteiger partial charge in [-0.2, -0.15) is 0 Å². The molecule has 1 unspecified atom stereocenters. The molecule has 1 aromatic rings. The average molecular weight is 345 g/mol. The number of hydrogen-bond donors (Lipinski definition) is 0. The second kappa shape index (κ2) is 14.4. The lowest BCUT2D eigenvalue weighted by Gasteiger charge is -2.14. The second-order valence-corrected chi connectivity index (χ2v) is 8.16. The van der Waals surface area contributed by atoms with Gasteiger partial charge in [0, 0.05) is 0 Å². The van der Waals surface area contributed by atoms with E-state index in [1.54, 1.807) is 16.7 Å². The van der Waals surface area contributed by atoms with Crippen molar-refractivity contribution in [1.82, 2.24) is 0 Å². The third kappa shape index (κ3) is 10.1. The first kappa shape index (κ1) is 22.3. The summed E-state index contributed by atoms with van der Waals surface area (Å²) in [5.74, 6) is 0.874. The Balaban J connectivity index is 2.59. The van der Waals surface area contributed by atoms with Crippen molar-refractivity contribution in [2.75, 3.05) is 0 Å². The van der Waals surface area contributed by atoms with Gasteiger partial charge in [0.25, 0.3) is 0 Å². The Morgan fingerprint density at radius 3 is 1.88 bits per heavy atom. The van der Waals surface area contributed by atoms with Crippen molar-refractivity contribution in [3.05, 3.63) is 34.9 Å². The van der Waals surface area contributed by atoms with E-state index >= 15 is 0 Å². The molecule has 0 saturated carbocycles. The SMILES string of the molecule is CCCCCc1ccc(CCC(C)CCCCC)cc1CCCCC. The van der Waals surface area contributed by atoms with Gasteiger partial charge >= 0.3 is 0 Å². The summed E-state index contributed by atoms with van der Waals surface area (Å²) in [5, 5.41) is 0. The normalized spacial score (nSPS) is 12.5. The van der Waals surface area contributed by atoms with Crippen LogP contribution in [0.4, 0.5) is 0 Å². The van der Waals surface area contributed by atoms with Crippen LogP contribution in [0, 0.1) is 5.92 Å². The highest BCUT2D eigenvalue weighted by atomic mass is 14.1. The van der Waals surface area contributed by atoms with Gasteiger partial charge in [0.15, 0.2) is 0 Å². The van der Waals surface area contributed by atoms with Crippen molar-refractivity contribution in [2.45, 2.75) is 118 Å². The molecule has 0 nitrogen and oxygen atoms in total. The van der Waals surface area contributed by atoms with E-state index in [1.165, 1.54) is 89.9 Å². The Bertz CT molecular complexity index is 432. The van der Waals surface area contributed by atoms with E-state index in [9.17, 15) is 0 Å². The lowest BCUT2D eigenvalue weighted by molar-refractivity contribution is 0.464. The zero-order valence-electron chi connectivity index (χ0n) is 17.7. The molecule has 0 aliphatic carbocycles. The minimum atomic E-state index is 0.874. The van der Waals surface area contributed by atoms with Gasteiger partial charge < -0.3 is 0 Å². The zero-order chi connectivity index (χ0) is 18.3. The zero-order valence-corrected chi connectivity index (χ0v) is 17.7. The summed E-state index contributed by atoms with van der Waals surface area (Å²) < 4.78 is 0. The molecular weight excluding hydrogens is 300 g/mol. The molecule has 0 aliphatic rings. The summed E-state index contributed by atoms with van der Waals surface area (Å²) >= 11 is 0. The van der Waals surface area contributed by atoms with Gasteiger partial charge in [-0.3, -0.25) is 0 Å². The molecule has 0 heterocycles. The first-order valence-corrected chi connectivity index (χ1v) is 11.3. The Labute approximate surface area is 158 Å². The second-order valence-electron chi connectivity index (χ2n) is 8.16. The minimum absolute atomic E-state index is 0.874. The standard InChI is InChI=1S/C25H44/c1-5-8-11-14-22(4)17-18-23-19-20-24(15-12-9-6-2)25(21-23)16-13-10-7-3/h19-22H,5-18H2,1-4H3. The highest BCUT2D eigenvalue weighted by Gasteiger charge is 2.07. The summed E-state index contributed by atoms with van der Waals surface area (Å²) in [4.78, 5) is 0. The average Bonchev–Trinajstić information content (AvgIpc) is 2.62. The van der Waals surface area contributed by atoms with Crippen LogP contribution in [-0.4, -0.2) is 0 Å². The molecule has 0 bridgehead atoms. The fraction of sp³-hybridized carbons (Fsp3) is 0.760. The minimum Gasteiger partial charge on any atom is -0.0654 e. The molecular formula is C25H44. The number of unbranched alkanes of at least 4 members (excludes halogenated alkanes) is 6. The van der Waals surface area contributed by atoms with Crippen LogP contribution in [0.2, 0.25) is 0 Å². The summed E-state index contributed by atoms with van der Waals surface area (Å²) in [6, 6.07) is 7.42. The topological polar surface area (TPSA) is 0 Å². The van der Waals surface area contributed by atoms with E-state index in [0.29, 0.717) is 0 Å². The summed E-state index contributed by atoms with van der Waals surface area (Å²) in [7, 11) is 0. The Morgan fingerprint density at radius 1 is 0.640 bits per heavy atom. The van der Waals surface area contributed by atoms with Gasteiger partial charge in [0.05, 0.1) is 0 Å². The number of hydrogen-bond acceptors (Lipinski definition) is 0. The van der Waals surface area contributed by atoms with Gasteiger partial charge in [0.1, 0.15) is 0 Å². The molecule has 0 amide bonds. The third-order valence-corrected chi connectivity index (χ3v) is 5.60. The maximum Gasteiger partial charge on any atom is -0.0276 e. The number of aryl methyl sites for hydroxylation is 3. The fourth-order valence-electron chi connectivity index (χ4n) is 3.74. The molecule has 0 fully saturated rings. The van der Waals surface area contributed by atoms with E-state index in [0.717, 1.165) is 5.92 Å². The van der Waals surface area contributed by atoms with E-state index in [-0.39, 0.29) is 0 Å². The fourth-order valence-corrected chi connectivity index (χ4v) is 3.74. The van der Waals surface area contributed by atoms with Crippen molar-refractivity contribution in [1.29, 1.82) is 0 Å². The molecule has 0 N–H and O–H groups in total. The molecule has 0 radical (unpaired) electrons. The maximum atomic E-state index is 2.55. The smallest absolute Gasteiger partial charge is 0.0276 e. The van der Waals surface area contributed by atoms with Crippen LogP contribution >= 0.6 is 0 Å². The van der Waals surface area contributed by atoms with Crippen LogP contribution in [-0.2, 0) is 19.3 Å². The van der Waals surface area contributed by atoms with Crippen LogP contribution in [0.1, 0.15) is 115 Å². The van der Waals surface area contributed by atoms with Crippen molar-refractivity contribution >= 4 is 0 Å². The van der Waals surface area contributed by atoms with Gasteiger partial charge in [-0.25, -0.2) is 0 Å². The molecule has 25 heavy (non-hydrogen) atoms. The molecule has 0 aromatic heterocycles. The van der Waals surface area contributed by atoms with Crippen LogP contribution in [0.5, 0.6) is 0 Å². The van der Waals surface area contributed by atoms with Crippen LogP contribution < -0.4 is 0 Å². The molecule has 1 rings (SSSR count). The van der Waals surface area contributed by atoms with Crippen LogP contribution in [0.15, 0.2) is 18.2 Å². The molecule has 1 aromatic carbocycles. The molecule has 1 atom stereocenters. The quantitative estimate of drug-likeness (QED) is 0.281. The molecule has 0 heteroatoms. The highest BCUT2D eigenvalue weighted by molar-refractivity contribution is 5.32. The van der Waals surface area contributed by atoms with Crippen LogP contribution in [0.3, 0.4) is 0 Å². The molecule has 0 saturated heterocycles. The summed E-state index contributed by atoms with van der Waals surface area (Å²) in [5.41, 5.74) is 4.86. The lowest BCUT2D eigenvalue weighted by atomic mass is 9.91. The predicted molar refractivity (Wildman–Crippen MR) is 115 cm³/mol. The first-order valence-electron chi connectivity index (χ1n) is 11.3. The van der Waals surface area contributed by atoms with Crippen molar-refractivity contribution < 1.29 is 0 Å². The van der Waals surface area contributed by atoms with Crippen molar-refractivity contribution in [2.24, 2.45) is 5.92 Å². The number of rotatable bonds is 15. The Morgan fingerprint density at radius 2 is 1.24 bits per heavy atom. The molecule has 0 aliphatic heterocycles. The van der Waals surface area contributed by atoms with Crippen molar-refractivity contribution in [3.8, 4) is 0 Å². The monoisotopic (exact) mass is 344 g/mol. The Kier molecular flexibility index (Phi) is 12.8. The van der Waals surface area contributed by atoms with Crippen LogP contribution in [0.25, 0.3) is 0 Å².